The minimum absolute atomic E-state index is 0.866. The lowest BCUT2D eigenvalue weighted by Crippen LogP contribution is -2.71. The molecule has 0 unspecified atom stereocenters. The molecule has 0 aromatic rings. The molecule has 0 aromatic carbocycles. The Labute approximate surface area is 805 Å². The molecule has 0 bridgehead atoms. The van der Waals surface area contributed by atoms with E-state index >= 15 is 0 Å². The van der Waals surface area contributed by atoms with Crippen molar-refractivity contribution in [3.05, 3.63) is 0 Å². The van der Waals surface area contributed by atoms with Gasteiger partial charge in [0.25, 0.3) is 0 Å². The van der Waals surface area contributed by atoms with Crippen LogP contribution in [0.15, 0.2) is 0 Å². The molecule has 62 heteroatoms. The van der Waals surface area contributed by atoms with Crippen molar-refractivity contribution in [2.45, 2.75) is 417 Å². The molecule has 12 aliphatic heterocycles. The SMILES string of the molecule is CC(=O)N[C@@H]1[C@@H](O)[C@H](O[C@@H]2O[C@H](CO)[C@@H](O[C@@H]3O[C@H](CO[C@H]4O[C@H](CO)[C@@H](O)[C@H](O)[C@@H]4O[C@@H]4O[C@H](CO)[C@@H](O[C@@H]5O[C@H](CO)[C@H](O)[C@H](O)[C@H]5O)[C@H](O[C@@H]5O[C@@H](C)[C@@H](O)[C@@H](O)[C@@H]5O)[C@H]4NC(C)=O)[C@@H](O)[C@H](O[C@H]4O[C@H](CO)[C@@H](O[C@@H]5O[C@H](CO)[C@@H](O[C@@H]6O[C@H](CO)[C@H](O)[C@H](O)[C@H]6O)[C@H](O[C@@H]6O[C@@H](C)[C@@H](O)[C@@H](O)[C@@H]6O)[C@H]5NC(C)=O)[C@H](O)[C@@H]4O)[C@@H]3O)[C@H](O)[C@H]2NC(C)=O)[C@@H](CO[C@@H]2O[C@@H](C)[C@@H](O)[C@@H](O)[C@@H]2O)O[C@H]1O. The van der Waals surface area contributed by atoms with Crippen LogP contribution in [0.2, 0.25) is 0 Å². The lowest BCUT2D eigenvalue weighted by Gasteiger charge is -2.52. The molecule has 12 fully saturated rings. The maximum atomic E-state index is 13.6. The second kappa shape index (κ2) is 50.3. The maximum Gasteiger partial charge on any atom is 0.217 e. The number of aliphatic hydroxyl groups is 31. The average Bonchev–Trinajstić information content (AvgIpc) is 0.762. The number of hydrogen-bond donors (Lipinski definition) is 35. The Balaban J connectivity index is 0.877. The largest absolute Gasteiger partial charge is 0.394 e. The van der Waals surface area contributed by atoms with Crippen LogP contribution in [0.5, 0.6) is 0 Å². The van der Waals surface area contributed by atoms with E-state index < -0.39 is 451 Å². The molecule has 62 nitrogen and oxygen atoms in total. The summed E-state index contributed by atoms with van der Waals surface area (Å²) in [7, 11) is 0. The molecule has 0 saturated carbocycles. The number of hydrogen-bond acceptors (Lipinski definition) is 58. The molecule has 12 aliphatic rings. The van der Waals surface area contributed by atoms with E-state index in [1.54, 1.807) is 0 Å². The summed E-state index contributed by atoms with van der Waals surface area (Å²) in [4.78, 5) is 52.9. The fourth-order valence-electron chi connectivity index (χ4n) is 18.6. The van der Waals surface area contributed by atoms with Gasteiger partial charge in [-0.2, -0.15) is 0 Å². The van der Waals surface area contributed by atoms with E-state index in [4.69, 9.17) is 109 Å². The van der Waals surface area contributed by atoms with E-state index in [9.17, 15) is 177 Å². The van der Waals surface area contributed by atoms with Crippen molar-refractivity contribution in [3.8, 4) is 0 Å². The van der Waals surface area contributed by atoms with Crippen molar-refractivity contribution in [2.75, 3.05) is 59.5 Å². The molecule has 0 spiro atoms. The zero-order chi connectivity index (χ0) is 104. The molecule has 142 heavy (non-hydrogen) atoms. The zero-order valence-corrected chi connectivity index (χ0v) is 76.9. The molecule has 0 aliphatic carbocycles. The first-order valence-corrected chi connectivity index (χ1v) is 45.7. The minimum atomic E-state index is -2.67. The van der Waals surface area contributed by atoms with E-state index in [0.717, 1.165) is 27.7 Å². The Morgan fingerprint density at radius 3 is 0.859 bits per heavy atom. The van der Waals surface area contributed by atoms with Crippen LogP contribution in [-0.2, 0) is 128 Å². The Hall–Kier alpha value is -4.28. The van der Waals surface area contributed by atoms with Crippen LogP contribution in [0.25, 0.3) is 0 Å². The smallest absolute Gasteiger partial charge is 0.217 e. The number of ether oxygens (including phenoxy) is 23. The van der Waals surface area contributed by atoms with Crippen LogP contribution >= 0.6 is 0 Å². The third kappa shape index (κ3) is 25.4. The van der Waals surface area contributed by atoms with Gasteiger partial charge in [-0.05, 0) is 20.8 Å². The molecule has 0 radical (unpaired) electrons. The number of amides is 4. The first-order chi connectivity index (χ1) is 67.1. The Bertz CT molecular complexity index is 3940. The Kier molecular flexibility index (Phi) is 41.2. The quantitative estimate of drug-likeness (QED) is 0.0280. The first-order valence-electron chi connectivity index (χ1n) is 45.7. The molecule has 12 heterocycles. The van der Waals surface area contributed by atoms with Gasteiger partial charge in [0.15, 0.2) is 75.5 Å². The number of aliphatic hydroxyl groups excluding tert-OH is 31. The van der Waals surface area contributed by atoms with Crippen molar-refractivity contribution in [3.63, 3.8) is 0 Å². The summed E-state index contributed by atoms with van der Waals surface area (Å²) >= 11 is 0. The zero-order valence-electron chi connectivity index (χ0n) is 76.9. The molecular weight excluding hydrogens is 1940 g/mol. The average molecular weight is 2080 g/mol. The first kappa shape index (κ1) is 116. The molecule has 822 valence electrons. The lowest BCUT2D eigenvalue weighted by molar-refractivity contribution is -0.399. The van der Waals surface area contributed by atoms with Gasteiger partial charge in [0.05, 0.1) is 77.8 Å². The molecular formula is C80H134N4O58. The van der Waals surface area contributed by atoms with Gasteiger partial charge in [0, 0.05) is 27.7 Å². The summed E-state index contributed by atoms with van der Waals surface area (Å²) in [6, 6.07) is -7.91. The van der Waals surface area contributed by atoms with Crippen molar-refractivity contribution in [2.24, 2.45) is 0 Å². The highest BCUT2D eigenvalue weighted by molar-refractivity contribution is 5.74. The second-order valence-electron chi connectivity index (χ2n) is 36.6. The summed E-state index contributed by atoms with van der Waals surface area (Å²) in [6.07, 6.45) is -117. The van der Waals surface area contributed by atoms with Crippen molar-refractivity contribution in [1.29, 1.82) is 0 Å². The van der Waals surface area contributed by atoms with Gasteiger partial charge in [-0.1, -0.05) is 0 Å². The standard InChI is InChI=1S/C80H134N4O58/c1-17-37(96)46(105)53(112)73(122-17)120-16-32-62(44(103)33(69(119)125-32)81-20(4)92)135-70-34(82-21(5)93)45(104)60(27(11-88)129-70)136-79-59(118)67(141-78-58(117)52(111)61(28(12-89)132-78)134-71-35(83-22(6)94)65(139-74-54(113)47(106)38(97)18(2)123-74)63(29(13-90)130-71)137-76-56(115)49(108)40(99)24(8-85)126-76)43(102)31(133-79)15-121-80-68(51(110)42(101)26(10-87)128-80)142-72-36(84-23(7)95)66(140-75-55(114)48(107)39(98)19(3)124-75)64(30(14-91)131-72)138-77-57(116)50(109)41(100)25(9-86)127-77/h17-19,24-80,85-91,96-119H,8-16H2,1-7H3,(H,81,92)(H,82,93)(H,83,94)(H,84,95)/t17-,18-,19-,24+,25+,26+,27+,28+,29+,30+,31+,32+,33+,34+,35+,36+,37+,38+,39+,40-,41-,42+,43+,44+,45+,46+,47+,48+,49-,50-,51-,52+,53-,54-,55-,56+,57+,58-,59-,60+,61+,62+,63+,64+,65+,66+,67-,68-,69+,70-,71-,72-,73+,74-,75-,76-,77-,78+,79-,80-/m0/s1. The highest BCUT2D eigenvalue weighted by atomic mass is 16.8. The Morgan fingerprint density at radius 2 is 0.444 bits per heavy atom. The summed E-state index contributed by atoms with van der Waals surface area (Å²) in [6.45, 7) is -3.07. The minimum Gasteiger partial charge on any atom is -0.394 e. The van der Waals surface area contributed by atoms with Crippen molar-refractivity contribution >= 4 is 23.6 Å². The predicted molar refractivity (Wildman–Crippen MR) is 437 cm³/mol. The number of carbonyl (C=O) groups is 4. The van der Waals surface area contributed by atoms with E-state index in [0.29, 0.717) is 0 Å². The molecule has 12 saturated heterocycles. The molecule has 0 aromatic heterocycles. The molecule has 12 rings (SSSR count). The van der Waals surface area contributed by atoms with Gasteiger partial charge >= 0.3 is 0 Å². The normalized spacial score (nSPS) is 50.9. The monoisotopic (exact) mass is 2080 g/mol. The summed E-state index contributed by atoms with van der Waals surface area (Å²) in [5, 5.41) is 359. The van der Waals surface area contributed by atoms with E-state index in [2.05, 4.69) is 21.3 Å². The van der Waals surface area contributed by atoms with Crippen LogP contribution < -0.4 is 21.3 Å². The summed E-state index contributed by atoms with van der Waals surface area (Å²) in [5.41, 5.74) is 0. The fraction of sp³-hybridized carbons (Fsp3) is 0.950. The Morgan fingerprint density at radius 1 is 0.197 bits per heavy atom. The van der Waals surface area contributed by atoms with Gasteiger partial charge in [-0.25, -0.2) is 0 Å². The van der Waals surface area contributed by atoms with Crippen LogP contribution in [0.4, 0.5) is 0 Å². The van der Waals surface area contributed by atoms with Crippen LogP contribution in [0, 0.1) is 0 Å². The molecule has 60 atom stereocenters. The topological polar surface area (TPSA) is 956 Å². The van der Waals surface area contributed by atoms with Gasteiger partial charge in [0.2, 0.25) is 23.6 Å². The van der Waals surface area contributed by atoms with E-state index in [1.165, 1.54) is 20.8 Å². The van der Waals surface area contributed by atoms with E-state index in [1.807, 2.05) is 0 Å². The van der Waals surface area contributed by atoms with Gasteiger partial charge in [0.1, 0.15) is 274 Å². The highest BCUT2D eigenvalue weighted by Gasteiger charge is 2.64. The van der Waals surface area contributed by atoms with Crippen molar-refractivity contribution < 1.29 is 286 Å². The van der Waals surface area contributed by atoms with Crippen LogP contribution in [-0.4, -0.2) is 610 Å². The van der Waals surface area contributed by atoms with Gasteiger partial charge in [-0.15, -0.1) is 0 Å². The molecule has 4 amide bonds. The van der Waals surface area contributed by atoms with Crippen molar-refractivity contribution in [1.82, 2.24) is 21.3 Å². The van der Waals surface area contributed by atoms with Gasteiger partial charge < -0.3 is 289 Å². The van der Waals surface area contributed by atoms with Crippen LogP contribution in [0.3, 0.4) is 0 Å². The lowest BCUT2D eigenvalue weighted by atomic mass is 9.93. The maximum absolute atomic E-state index is 13.6. The number of nitrogens with one attached hydrogen (secondary N) is 4. The molecule has 35 N–H and O–H groups in total. The third-order valence-electron chi connectivity index (χ3n) is 26.6. The van der Waals surface area contributed by atoms with E-state index in [-0.39, 0.29) is 0 Å². The summed E-state index contributed by atoms with van der Waals surface area (Å²) in [5.74, 6) is -3.92. The summed E-state index contributed by atoms with van der Waals surface area (Å²) < 4.78 is 139. The predicted octanol–water partition coefficient (Wildman–Crippen LogP) is -23.5. The highest BCUT2D eigenvalue weighted by Crippen LogP contribution is 2.43. The van der Waals surface area contributed by atoms with Crippen LogP contribution in [0.1, 0.15) is 48.5 Å². The number of carbonyl (C=O) groups excluding carboxylic acids is 4. The second-order valence-corrected chi connectivity index (χ2v) is 36.6. The number of rotatable bonds is 35. The third-order valence-corrected chi connectivity index (χ3v) is 26.6. The fourth-order valence-corrected chi connectivity index (χ4v) is 18.6. The van der Waals surface area contributed by atoms with Gasteiger partial charge in [-0.3, -0.25) is 19.2 Å².